The molecule has 0 saturated carbocycles. The number of benzene rings is 2. The zero-order valence-corrected chi connectivity index (χ0v) is 19.1. The number of hydrogen-bond acceptors (Lipinski definition) is 5. The van der Waals surface area contributed by atoms with E-state index in [0.29, 0.717) is 37.2 Å². The normalized spacial score (nSPS) is 15.9. The van der Waals surface area contributed by atoms with Crippen molar-refractivity contribution in [3.05, 3.63) is 57.7 Å². The van der Waals surface area contributed by atoms with Crippen molar-refractivity contribution in [1.82, 2.24) is 8.87 Å². The molecule has 2 heterocycles. The molecule has 0 aliphatic carbocycles. The molecule has 1 aliphatic rings. The number of thiazole rings is 1. The Labute approximate surface area is 185 Å². The maximum Gasteiger partial charge on any atom is 0.308 e. The molecule has 0 radical (unpaired) electrons. The lowest BCUT2D eigenvalue weighted by Gasteiger charge is -2.30. The zero-order valence-electron chi connectivity index (χ0n) is 17.5. The van der Waals surface area contributed by atoms with E-state index in [1.54, 1.807) is 22.8 Å². The van der Waals surface area contributed by atoms with Gasteiger partial charge in [-0.25, -0.2) is 8.42 Å². The molecule has 0 spiro atoms. The van der Waals surface area contributed by atoms with Crippen molar-refractivity contribution in [3.8, 4) is 0 Å². The van der Waals surface area contributed by atoms with Crippen LogP contribution in [0.15, 0.2) is 52.2 Å². The number of carbonyl (C=O) groups excluding carboxylic acids is 1. The minimum absolute atomic E-state index is 0.0759. The van der Waals surface area contributed by atoms with Crippen LogP contribution in [0.1, 0.15) is 25.3 Å². The van der Waals surface area contributed by atoms with E-state index in [4.69, 9.17) is 0 Å². The van der Waals surface area contributed by atoms with Gasteiger partial charge in [-0.05, 0) is 57.0 Å². The van der Waals surface area contributed by atoms with Crippen LogP contribution in [0.2, 0.25) is 0 Å². The Bertz CT molecular complexity index is 1270. The summed E-state index contributed by atoms with van der Waals surface area (Å²) in [5.41, 5.74) is 2.62. The highest BCUT2D eigenvalue weighted by Crippen LogP contribution is 2.28. The van der Waals surface area contributed by atoms with E-state index in [1.807, 2.05) is 38.1 Å². The smallest absolute Gasteiger partial charge is 0.308 e. The second kappa shape index (κ2) is 8.57. The van der Waals surface area contributed by atoms with Crippen LogP contribution >= 0.6 is 11.3 Å². The summed E-state index contributed by atoms with van der Waals surface area (Å²) in [6, 6.07) is 12.4. The Morgan fingerprint density at radius 3 is 2.45 bits per heavy atom. The van der Waals surface area contributed by atoms with Gasteiger partial charge in [-0.15, -0.1) is 0 Å². The van der Waals surface area contributed by atoms with E-state index in [0.717, 1.165) is 28.1 Å². The molecular weight excluding hydrogens is 434 g/mol. The van der Waals surface area contributed by atoms with E-state index < -0.39 is 10.0 Å². The molecule has 31 heavy (non-hydrogen) atoms. The van der Waals surface area contributed by atoms with E-state index in [1.165, 1.54) is 4.31 Å². The highest BCUT2D eigenvalue weighted by Gasteiger charge is 2.32. The lowest BCUT2D eigenvalue weighted by Crippen LogP contribution is -2.41. The average Bonchev–Trinajstić information content (AvgIpc) is 3.09. The van der Waals surface area contributed by atoms with Gasteiger partial charge in [0.1, 0.15) is 0 Å². The molecule has 7 nitrogen and oxygen atoms in total. The first-order valence-electron chi connectivity index (χ1n) is 10.3. The van der Waals surface area contributed by atoms with Gasteiger partial charge < -0.3 is 5.32 Å². The Balaban J connectivity index is 1.45. The van der Waals surface area contributed by atoms with Crippen LogP contribution < -0.4 is 10.2 Å². The second-order valence-electron chi connectivity index (χ2n) is 7.78. The second-order valence-corrected chi connectivity index (χ2v) is 10.7. The molecule has 0 bridgehead atoms. The summed E-state index contributed by atoms with van der Waals surface area (Å²) in [5, 5.41) is 2.92. The predicted octanol–water partition coefficient (Wildman–Crippen LogP) is 3.43. The van der Waals surface area contributed by atoms with Crippen LogP contribution in [0.3, 0.4) is 0 Å². The summed E-state index contributed by atoms with van der Waals surface area (Å²) in [6.07, 6.45) is 0.942. The third-order valence-electron chi connectivity index (χ3n) is 5.74. The van der Waals surface area contributed by atoms with Gasteiger partial charge in [-0.3, -0.25) is 14.2 Å². The maximum absolute atomic E-state index is 13.1. The van der Waals surface area contributed by atoms with Crippen molar-refractivity contribution in [3.63, 3.8) is 0 Å². The van der Waals surface area contributed by atoms with Gasteiger partial charge in [0.05, 0.1) is 15.1 Å². The number of rotatable bonds is 5. The molecular formula is C22H25N3O4S2. The van der Waals surface area contributed by atoms with Gasteiger partial charge in [0.2, 0.25) is 15.9 Å². The maximum atomic E-state index is 13.1. The Hall–Kier alpha value is -2.49. The van der Waals surface area contributed by atoms with Gasteiger partial charge in [0.15, 0.2) is 0 Å². The molecule has 1 aromatic heterocycles. The van der Waals surface area contributed by atoms with Crippen LogP contribution in [0, 0.1) is 12.8 Å². The fraction of sp³-hybridized carbons (Fsp3) is 0.364. The molecule has 3 aromatic rings. The van der Waals surface area contributed by atoms with Crippen molar-refractivity contribution in [1.29, 1.82) is 0 Å². The molecule has 164 valence electrons. The van der Waals surface area contributed by atoms with E-state index >= 15 is 0 Å². The van der Waals surface area contributed by atoms with Gasteiger partial charge in [-0.1, -0.05) is 29.0 Å². The van der Waals surface area contributed by atoms with Crippen molar-refractivity contribution >= 4 is 43.2 Å². The molecule has 9 heteroatoms. The SMILES string of the molecule is CCn1c(=O)sc2cc(S(=O)(=O)N3CCC(C(=O)Nc4ccc(C)cc4)CC3)ccc21. The predicted molar refractivity (Wildman–Crippen MR) is 123 cm³/mol. The first-order chi connectivity index (χ1) is 14.8. The Kier molecular flexibility index (Phi) is 6.00. The summed E-state index contributed by atoms with van der Waals surface area (Å²) in [6.45, 7) is 5.00. The van der Waals surface area contributed by atoms with Crippen molar-refractivity contribution < 1.29 is 13.2 Å². The van der Waals surface area contributed by atoms with Crippen LogP contribution in [-0.2, 0) is 21.4 Å². The molecule has 0 atom stereocenters. The standard InChI is InChI=1S/C22H25N3O4S2/c1-3-25-19-9-8-18(14-20(19)30-22(25)27)31(28,29)24-12-10-16(11-13-24)21(26)23-17-6-4-15(2)5-7-17/h4-9,14,16H,3,10-13H2,1-2H3,(H,23,26). The first-order valence-corrected chi connectivity index (χ1v) is 12.6. The summed E-state index contributed by atoms with van der Waals surface area (Å²) >= 11 is 1.06. The number of nitrogens with one attached hydrogen (secondary N) is 1. The minimum atomic E-state index is -3.68. The van der Waals surface area contributed by atoms with Crippen LogP contribution in [0.25, 0.3) is 10.2 Å². The van der Waals surface area contributed by atoms with Crippen molar-refractivity contribution in [2.75, 3.05) is 18.4 Å². The van der Waals surface area contributed by atoms with E-state index in [-0.39, 0.29) is 21.6 Å². The van der Waals surface area contributed by atoms with Crippen LogP contribution in [0.5, 0.6) is 0 Å². The molecule has 1 aliphatic heterocycles. The highest BCUT2D eigenvalue weighted by molar-refractivity contribution is 7.89. The highest BCUT2D eigenvalue weighted by atomic mass is 32.2. The molecule has 1 amide bonds. The van der Waals surface area contributed by atoms with Gasteiger partial charge in [0.25, 0.3) is 0 Å². The number of hydrogen-bond donors (Lipinski definition) is 1. The number of aryl methyl sites for hydroxylation is 2. The molecule has 4 rings (SSSR count). The quantitative estimate of drug-likeness (QED) is 0.633. The molecule has 2 aromatic carbocycles. The fourth-order valence-corrected chi connectivity index (χ4v) is 6.46. The lowest BCUT2D eigenvalue weighted by atomic mass is 9.97. The fourth-order valence-electron chi connectivity index (χ4n) is 3.90. The van der Waals surface area contributed by atoms with E-state index in [2.05, 4.69) is 5.32 Å². The summed E-state index contributed by atoms with van der Waals surface area (Å²) in [4.78, 5) is 24.7. The monoisotopic (exact) mass is 459 g/mol. The first kappa shape index (κ1) is 21.7. The summed E-state index contributed by atoms with van der Waals surface area (Å²) < 4.78 is 30.0. The number of amides is 1. The van der Waals surface area contributed by atoms with Crippen LogP contribution in [-0.4, -0.2) is 36.3 Å². The van der Waals surface area contributed by atoms with Gasteiger partial charge in [0, 0.05) is 31.2 Å². The molecule has 1 N–H and O–H groups in total. The zero-order chi connectivity index (χ0) is 22.2. The summed E-state index contributed by atoms with van der Waals surface area (Å²) in [5.74, 6) is -0.299. The number of aromatic nitrogens is 1. The largest absolute Gasteiger partial charge is 0.326 e. The lowest BCUT2D eigenvalue weighted by molar-refractivity contribution is -0.120. The summed E-state index contributed by atoms with van der Waals surface area (Å²) in [7, 11) is -3.68. The molecule has 1 fully saturated rings. The molecule has 1 saturated heterocycles. The van der Waals surface area contributed by atoms with Gasteiger partial charge in [-0.2, -0.15) is 4.31 Å². The third kappa shape index (κ3) is 4.30. The Morgan fingerprint density at radius 1 is 1.13 bits per heavy atom. The van der Waals surface area contributed by atoms with Gasteiger partial charge >= 0.3 is 4.87 Å². The van der Waals surface area contributed by atoms with Crippen molar-refractivity contribution in [2.24, 2.45) is 5.92 Å². The number of fused-ring (bicyclic) bond motifs is 1. The minimum Gasteiger partial charge on any atom is -0.326 e. The number of carbonyl (C=O) groups is 1. The topological polar surface area (TPSA) is 88.5 Å². The molecule has 0 unspecified atom stereocenters. The number of piperidine rings is 1. The van der Waals surface area contributed by atoms with Crippen molar-refractivity contribution in [2.45, 2.75) is 38.1 Å². The van der Waals surface area contributed by atoms with Crippen LogP contribution in [0.4, 0.5) is 5.69 Å². The number of anilines is 1. The Morgan fingerprint density at radius 2 is 1.81 bits per heavy atom. The third-order valence-corrected chi connectivity index (χ3v) is 8.57. The van der Waals surface area contributed by atoms with E-state index in [9.17, 15) is 18.0 Å². The average molecular weight is 460 g/mol. The number of nitrogens with zero attached hydrogens (tertiary/aromatic N) is 2. The number of sulfonamides is 1.